The summed E-state index contributed by atoms with van der Waals surface area (Å²) in [5, 5.41) is 0. The van der Waals surface area contributed by atoms with Crippen molar-refractivity contribution < 1.29 is 0 Å². The second-order valence-corrected chi connectivity index (χ2v) is 8.33. The van der Waals surface area contributed by atoms with E-state index in [4.69, 9.17) is 0 Å². The molecule has 1 nitrogen and oxygen atoms in total. The third-order valence-corrected chi connectivity index (χ3v) is 6.54. The smallest absolute Gasteiger partial charge is 0.0725 e. The van der Waals surface area contributed by atoms with Gasteiger partial charge in [0.1, 0.15) is 0 Å². The Balaban J connectivity index is 0.000000483. The molecule has 0 heterocycles. The summed E-state index contributed by atoms with van der Waals surface area (Å²) in [5.41, 5.74) is 10.9. The lowest BCUT2D eigenvalue weighted by molar-refractivity contribution is 0.434. The standard InChI is InChI=1S/C25H16.C4H11N.4C2H6/c1-5-13-21-17(9-1)18-10-2-6-14-22(18)25(21)23-15-7-3-11-19(23)20-12-4-8-16-24(20)25;1-4-5(2)3;4*1-2/h1-16H;4H2,1-3H3;4*1-2H3. The highest BCUT2D eigenvalue weighted by Crippen LogP contribution is 2.62. The molecule has 0 saturated carbocycles. The number of hydrogen-bond donors (Lipinski definition) is 0. The number of benzene rings is 4. The Morgan fingerprint density at radius 1 is 0.421 bits per heavy atom. The average molecular weight is 510 g/mol. The first-order chi connectivity index (χ1) is 18.7. The Labute approximate surface area is 234 Å². The van der Waals surface area contributed by atoms with Crippen LogP contribution >= 0.6 is 0 Å². The monoisotopic (exact) mass is 509 g/mol. The van der Waals surface area contributed by atoms with Gasteiger partial charge in [-0.05, 0) is 65.1 Å². The Bertz CT molecular complexity index is 1030. The van der Waals surface area contributed by atoms with Crippen molar-refractivity contribution in [2.24, 2.45) is 0 Å². The molecule has 38 heavy (non-hydrogen) atoms. The summed E-state index contributed by atoms with van der Waals surface area (Å²) in [6, 6.07) is 35.7. The minimum atomic E-state index is -0.180. The fraction of sp³-hybridized carbons (Fsp3) is 0.351. The first-order valence-corrected chi connectivity index (χ1v) is 14.7. The van der Waals surface area contributed by atoms with E-state index in [0.29, 0.717) is 0 Å². The third kappa shape index (κ3) is 5.94. The van der Waals surface area contributed by atoms with Crippen LogP contribution in [0.2, 0.25) is 0 Å². The molecular formula is C37H51N. The summed E-state index contributed by atoms with van der Waals surface area (Å²) in [5.74, 6) is 0. The summed E-state index contributed by atoms with van der Waals surface area (Å²) in [4.78, 5) is 2.12. The molecule has 1 heteroatoms. The van der Waals surface area contributed by atoms with Gasteiger partial charge in [0.2, 0.25) is 0 Å². The van der Waals surface area contributed by atoms with E-state index in [0.717, 1.165) is 6.54 Å². The second-order valence-electron chi connectivity index (χ2n) is 8.33. The van der Waals surface area contributed by atoms with Gasteiger partial charge in [0.25, 0.3) is 0 Å². The topological polar surface area (TPSA) is 3.24 Å². The fourth-order valence-corrected chi connectivity index (χ4v) is 5.05. The molecule has 0 amide bonds. The average Bonchev–Trinajstić information content (AvgIpc) is 3.49. The zero-order chi connectivity index (χ0) is 28.7. The van der Waals surface area contributed by atoms with Gasteiger partial charge in [-0.3, -0.25) is 0 Å². The molecule has 2 aliphatic carbocycles. The quantitative estimate of drug-likeness (QED) is 0.213. The minimum Gasteiger partial charge on any atom is -0.310 e. The van der Waals surface area contributed by atoms with Crippen LogP contribution in [0.1, 0.15) is 84.6 Å². The van der Waals surface area contributed by atoms with Gasteiger partial charge in [0.15, 0.2) is 0 Å². The van der Waals surface area contributed by atoms with Crippen LogP contribution in [0, 0.1) is 0 Å². The molecule has 4 aromatic rings. The molecule has 6 rings (SSSR count). The van der Waals surface area contributed by atoms with Crippen molar-refractivity contribution in [1.82, 2.24) is 4.90 Å². The number of rotatable bonds is 1. The molecule has 1 spiro atoms. The van der Waals surface area contributed by atoms with Crippen LogP contribution in [-0.2, 0) is 5.41 Å². The van der Waals surface area contributed by atoms with Crippen LogP contribution in [0.5, 0.6) is 0 Å². The van der Waals surface area contributed by atoms with E-state index in [1.165, 1.54) is 44.5 Å². The van der Waals surface area contributed by atoms with Crippen molar-refractivity contribution in [2.45, 2.75) is 67.7 Å². The predicted octanol–water partition coefficient (Wildman–Crippen LogP) is 10.7. The van der Waals surface area contributed by atoms with E-state index in [-0.39, 0.29) is 5.41 Å². The fourth-order valence-electron chi connectivity index (χ4n) is 5.05. The molecule has 0 atom stereocenters. The van der Waals surface area contributed by atoms with Crippen LogP contribution in [0.3, 0.4) is 0 Å². The van der Waals surface area contributed by atoms with E-state index >= 15 is 0 Å². The molecule has 0 aromatic heterocycles. The summed E-state index contributed by atoms with van der Waals surface area (Å²) in [6.45, 7) is 19.3. The highest BCUT2D eigenvalue weighted by atomic mass is 15.0. The van der Waals surface area contributed by atoms with Crippen molar-refractivity contribution >= 4 is 0 Å². The van der Waals surface area contributed by atoms with Crippen LogP contribution in [-0.4, -0.2) is 25.5 Å². The van der Waals surface area contributed by atoms with Gasteiger partial charge in [0.05, 0.1) is 5.41 Å². The van der Waals surface area contributed by atoms with Crippen molar-refractivity contribution in [1.29, 1.82) is 0 Å². The first kappa shape index (κ1) is 32.9. The maximum Gasteiger partial charge on any atom is 0.0725 e. The minimum absolute atomic E-state index is 0.180. The number of fused-ring (bicyclic) bond motifs is 10. The van der Waals surface area contributed by atoms with Gasteiger partial charge < -0.3 is 4.90 Å². The molecule has 0 fully saturated rings. The highest BCUT2D eigenvalue weighted by Gasteiger charge is 2.51. The van der Waals surface area contributed by atoms with Crippen molar-refractivity contribution in [3.05, 3.63) is 119 Å². The van der Waals surface area contributed by atoms with E-state index in [9.17, 15) is 0 Å². The first-order valence-electron chi connectivity index (χ1n) is 14.7. The lowest BCUT2D eigenvalue weighted by atomic mass is 9.70. The van der Waals surface area contributed by atoms with Crippen LogP contribution in [0.15, 0.2) is 97.1 Å². The van der Waals surface area contributed by atoms with Crippen molar-refractivity contribution in [2.75, 3.05) is 20.6 Å². The van der Waals surface area contributed by atoms with Crippen LogP contribution in [0.4, 0.5) is 0 Å². The summed E-state index contributed by atoms with van der Waals surface area (Å²) in [6.07, 6.45) is 0. The largest absolute Gasteiger partial charge is 0.310 e. The molecule has 204 valence electrons. The Kier molecular flexibility index (Phi) is 14.4. The van der Waals surface area contributed by atoms with Gasteiger partial charge in [-0.1, -0.05) is 159 Å². The maximum absolute atomic E-state index is 2.31. The van der Waals surface area contributed by atoms with Gasteiger partial charge in [-0.25, -0.2) is 0 Å². The molecule has 4 aromatic carbocycles. The summed E-state index contributed by atoms with van der Waals surface area (Å²) < 4.78 is 0. The van der Waals surface area contributed by atoms with Crippen LogP contribution in [0.25, 0.3) is 22.3 Å². The Morgan fingerprint density at radius 2 is 0.605 bits per heavy atom. The lowest BCUT2D eigenvalue weighted by Crippen LogP contribution is -2.25. The predicted molar refractivity (Wildman–Crippen MR) is 172 cm³/mol. The van der Waals surface area contributed by atoms with Gasteiger partial charge in [-0.15, -0.1) is 0 Å². The zero-order valence-electron chi connectivity index (χ0n) is 25.9. The van der Waals surface area contributed by atoms with E-state index in [2.05, 4.69) is 123 Å². The molecule has 0 saturated heterocycles. The SMILES string of the molecule is CC.CC.CC.CC.CCN(C)C.c1ccc2c(c1)-c1ccccc1C21c2ccccc2-c2ccccc21. The van der Waals surface area contributed by atoms with E-state index in [1.807, 2.05) is 55.4 Å². The lowest BCUT2D eigenvalue weighted by Gasteiger charge is -2.30. The third-order valence-electron chi connectivity index (χ3n) is 6.54. The normalized spacial score (nSPS) is 11.6. The Hall–Kier alpha value is -3.16. The van der Waals surface area contributed by atoms with Gasteiger partial charge in [-0.2, -0.15) is 0 Å². The molecule has 0 radical (unpaired) electrons. The molecule has 2 aliphatic rings. The highest BCUT2D eigenvalue weighted by molar-refractivity contribution is 5.94. The second kappa shape index (κ2) is 16.6. The number of nitrogens with zero attached hydrogens (tertiary/aromatic N) is 1. The van der Waals surface area contributed by atoms with E-state index in [1.54, 1.807) is 0 Å². The van der Waals surface area contributed by atoms with Crippen molar-refractivity contribution in [3.8, 4) is 22.3 Å². The molecule has 0 N–H and O–H groups in total. The Morgan fingerprint density at radius 3 is 0.789 bits per heavy atom. The molecular weight excluding hydrogens is 458 g/mol. The van der Waals surface area contributed by atoms with Crippen molar-refractivity contribution in [3.63, 3.8) is 0 Å². The van der Waals surface area contributed by atoms with Crippen LogP contribution < -0.4 is 0 Å². The molecule has 0 aliphatic heterocycles. The summed E-state index contributed by atoms with van der Waals surface area (Å²) in [7, 11) is 4.11. The number of hydrogen-bond acceptors (Lipinski definition) is 1. The molecule has 0 bridgehead atoms. The zero-order valence-corrected chi connectivity index (χ0v) is 25.9. The van der Waals surface area contributed by atoms with E-state index < -0.39 is 0 Å². The van der Waals surface area contributed by atoms with Gasteiger partial charge >= 0.3 is 0 Å². The maximum atomic E-state index is 2.31. The van der Waals surface area contributed by atoms with Gasteiger partial charge in [0, 0.05) is 0 Å². The summed E-state index contributed by atoms with van der Waals surface area (Å²) >= 11 is 0. The molecule has 0 unspecified atom stereocenters.